The Bertz CT molecular complexity index is 1370. The van der Waals surface area contributed by atoms with Crippen molar-refractivity contribution in [2.45, 2.75) is 31.7 Å². The Kier molecular flexibility index (Phi) is 6.05. The lowest BCUT2D eigenvalue weighted by atomic mass is 9.71. The molecule has 0 radical (unpaired) electrons. The Balaban J connectivity index is 1.40. The number of nitrogens with zero attached hydrogens (tertiary/aromatic N) is 2. The lowest BCUT2D eigenvalue weighted by molar-refractivity contribution is -0.140. The van der Waals surface area contributed by atoms with Gasteiger partial charge in [-0.05, 0) is 42.5 Å². The van der Waals surface area contributed by atoms with Crippen LogP contribution in [0.25, 0.3) is 22.5 Å². The number of carboxylic acids is 1. The van der Waals surface area contributed by atoms with E-state index in [2.05, 4.69) is 40.6 Å². The maximum Gasteiger partial charge on any atom is 0.329 e. The predicted molar refractivity (Wildman–Crippen MR) is 134 cm³/mol. The highest BCUT2D eigenvalue weighted by atomic mass is 16.5. The number of methoxy groups -OCH3 is 1. The van der Waals surface area contributed by atoms with E-state index in [9.17, 15) is 14.7 Å². The second kappa shape index (κ2) is 9.20. The Labute approximate surface area is 208 Å². The molecule has 1 saturated carbocycles. The Hall–Kier alpha value is -4.04. The summed E-state index contributed by atoms with van der Waals surface area (Å²) >= 11 is 0. The third-order valence-electron chi connectivity index (χ3n) is 6.83. The number of hydrogen-bond donors (Lipinski definition) is 2. The van der Waals surface area contributed by atoms with E-state index in [0.717, 1.165) is 11.1 Å². The van der Waals surface area contributed by atoms with Gasteiger partial charge in [-0.15, -0.1) is 0 Å². The molecule has 1 fully saturated rings. The molecule has 8 nitrogen and oxygen atoms in total. The number of allylic oxidation sites excluding steroid dienone is 3. The van der Waals surface area contributed by atoms with Gasteiger partial charge < -0.3 is 19.7 Å². The van der Waals surface area contributed by atoms with E-state index >= 15 is 0 Å². The number of ether oxygens (including phenoxy) is 1. The lowest BCUT2D eigenvalue weighted by Crippen LogP contribution is -2.43. The molecule has 36 heavy (non-hydrogen) atoms. The van der Waals surface area contributed by atoms with Crippen LogP contribution in [0.15, 0.2) is 71.3 Å². The number of aliphatic carboxylic acids is 1. The first kappa shape index (κ1) is 23.7. The highest BCUT2D eigenvalue weighted by Crippen LogP contribution is 2.45. The molecule has 2 aromatic carbocycles. The predicted octanol–water partition coefficient (Wildman–Crippen LogP) is 4.61. The zero-order valence-corrected chi connectivity index (χ0v) is 20.2. The van der Waals surface area contributed by atoms with Crippen molar-refractivity contribution in [2.75, 3.05) is 13.7 Å². The van der Waals surface area contributed by atoms with E-state index in [4.69, 9.17) is 9.26 Å². The third kappa shape index (κ3) is 4.47. The van der Waals surface area contributed by atoms with Crippen molar-refractivity contribution in [1.82, 2.24) is 15.5 Å². The number of nitrogens with one attached hydrogen (secondary N) is 1. The summed E-state index contributed by atoms with van der Waals surface area (Å²) < 4.78 is 11.2. The molecule has 1 amide bonds. The van der Waals surface area contributed by atoms with Gasteiger partial charge in [-0.1, -0.05) is 66.7 Å². The van der Waals surface area contributed by atoms with Crippen molar-refractivity contribution in [2.24, 2.45) is 5.41 Å². The van der Waals surface area contributed by atoms with Crippen LogP contribution in [-0.2, 0) is 9.53 Å². The number of aromatic nitrogens is 2. The Morgan fingerprint density at radius 1 is 1.08 bits per heavy atom. The minimum Gasteiger partial charge on any atom is -0.480 e. The second-order valence-corrected chi connectivity index (χ2v) is 9.65. The SMILES string of the molecule is COCC1(C)CC(c2nc(-c3cccc(C(=O)NC4(C(=O)O)CC4)c3)no2)=CC=C1c1ccccc1. The average molecular weight is 486 g/mol. The number of hydrogen-bond acceptors (Lipinski definition) is 6. The van der Waals surface area contributed by atoms with Gasteiger partial charge in [0.15, 0.2) is 0 Å². The number of benzene rings is 2. The summed E-state index contributed by atoms with van der Waals surface area (Å²) in [5.41, 5.74) is 2.74. The van der Waals surface area contributed by atoms with Gasteiger partial charge in [-0.3, -0.25) is 4.79 Å². The van der Waals surface area contributed by atoms with Crippen LogP contribution in [0.5, 0.6) is 0 Å². The van der Waals surface area contributed by atoms with Crippen LogP contribution in [0.4, 0.5) is 0 Å². The highest BCUT2D eigenvalue weighted by Gasteiger charge is 2.51. The topological polar surface area (TPSA) is 115 Å². The molecule has 0 aliphatic heterocycles. The molecule has 0 saturated heterocycles. The molecule has 0 bridgehead atoms. The molecule has 1 unspecified atom stereocenters. The quantitative estimate of drug-likeness (QED) is 0.479. The fourth-order valence-corrected chi connectivity index (χ4v) is 4.69. The summed E-state index contributed by atoms with van der Waals surface area (Å²) in [4.78, 5) is 28.7. The largest absolute Gasteiger partial charge is 0.480 e. The second-order valence-electron chi connectivity index (χ2n) is 9.65. The lowest BCUT2D eigenvalue weighted by Gasteiger charge is -2.34. The number of amides is 1. The first-order valence-corrected chi connectivity index (χ1v) is 11.8. The fraction of sp³-hybridized carbons (Fsp3) is 0.286. The van der Waals surface area contributed by atoms with Gasteiger partial charge in [0.25, 0.3) is 11.8 Å². The minimum atomic E-state index is -1.15. The molecule has 2 aliphatic rings. The maximum absolute atomic E-state index is 12.7. The molecular formula is C28H27N3O5. The molecule has 184 valence electrons. The van der Waals surface area contributed by atoms with Crippen LogP contribution < -0.4 is 5.32 Å². The molecule has 5 rings (SSSR count). The molecule has 1 heterocycles. The van der Waals surface area contributed by atoms with Crippen molar-refractivity contribution >= 4 is 23.0 Å². The normalized spacial score (nSPS) is 20.3. The van der Waals surface area contributed by atoms with E-state index in [1.54, 1.807) is 31.4 Å². The van der Waals surface area contributed by atoms with E-state index in [-0.39, 0.29) is 5.41 Å². The van der Waals surface area contributed by atoms with Crippen LogP contribution in [0, 0.1) is 5.41 Å². The standard InChI is InChI=1S/C28H27N3O5/c1-27(17-35-2)16-21(11-12-22(27)18-7-4-3-5-8-18)25-29-23(31-36-25)19-9-6-10-20(15-19)24(32)30-28(13-14-28)26(33)34/h3-12,15H,13-14,16-17H2,1-2H3,(H,30,32)(H,33,34). The molecule has 0 spiro atoms. The molecule has 2 aliphatic carbocycles. The summed E-state index contributed by atoms with van der Waals surface area (Å²) in [5, 5.41) is 16.1. The smallest absolute Gasteiger partial charge is 0.329 e. The highest BCUT2D eigenvalue weighted by molar-refractivity contribution is 5.99. The van der Waals surface area contributed by atoms with E-state index in [0.29, 0.717) is 48.7 Å². The fourth-order valence-electron chi connectivity index (χ4n) is 4.69. The number of rotatable bonds is 8. The van der Waals surface area contributed by atoms with Crippen molar-refractivity contribution in [3.63, 3.8) is 0 Å². The minimum absolute atomic E-state index is 0.282. The molecule has 2 N–H and O–H groups in total. The van der Waals surface area contributed by atoms with Gasteiger partial charge in [-0.2, -0.15) is 4.98 Å². The van der Waals surface area contributed by atoms with Gasteiger partial charge in [0.2, 0.25) is 5.82 Å². The maximum atomic E-state index is 12.7. The van der Waals surface area contributed by atoms with Crippen LogP contribution in [-0.4, -0.2) is 46.4 Å². The van der Waals surface area contributed by atoms with Crippen LogP contribution in [0.2, 0.25) is 0 Å². The summed E-state index contributed by atoms with van der Waals surface area (Å²) in [6.07, 6.45) is 5.60. The Morgan fingerprint density at radius 2 is 1.83 bits per heavy atom. The monoisotopic (exact) mass is 485 g/mol. The van der Waals surface area contributed by atoms with Crippen LogP contribution in [0.1, 0.15) is 48.0 Å². The first-order valence-electron chi connectivity index (χ1n) is 11.8. The van der Waals surface area contributed by atoms with Crippen molar-refractivity contribution in [1.29, 1.82) is 0 Å². The summed E-state index contributed by atoms with van der Waals surface area (Å²) in [5.74, 6) is -0.690. The summed E-state index contributed by atoms with van der Waals surface area (Å²) in [6, 6.07) is 17.0. The van der Waals surface area contributed by atoms with Crippen LogP contribution in [0.3, 0.4) is 0 Å². The third-order valence-corrected chi connectivity index (χ3v) is 6.83. The Morgan fingerprint density at radius 3 is 2.53 bits per heavy atom. The number of carbonyl (C=O) groups excluding carboxylic acids is 1. The van der Waals surface area contributed by atoms with Gasteiger partial charge in [0.1, 0.15) is 5.54 Å². The van der Waals surface area contributed by atoms with Gasteiger partial charge in [-0.25, -0.2) is 4.79 Å². The zero-order chi connectivity index (χ0) is 25.3. The van der Waals surface area contributed by atoms with Crippen molar-refractivity contribution in [3.8, 4) is 11.4 Å². The molecule has 1 aromatic heterocycles. The van der Waals surface area contributed by atoms with Crippen molar-refractivity contribution in [3.05, 3.63) is 83.8 Å². The van der Waals surface area contributed by atoms with E-state index in [1.807, 2.05) is 24.3 Å². The van der Waals surface area contributed by atoms with Crippen LogP contribution >= 0.6 is 0 Å². The summed E-state index contributed by atoms with van der Waals surface area (Å²) in [7, 11) is 1.70. The number of carbonyl (C=O) groups is 2. The molecule has 1 atom stereocenters. The van der Waals surface area contributed by atoms with E-state index in [1.165, 1.54) is 5.57 Å². The molecule has 3 aromatic rings. The van der Waals surface area contributed by atoms with Gasteiger partial charge in [0.05, 0.1) is 6.61 Å². The van der Waals surface area contributed by atoms with E-state index < -0.39 is 17.4 Å². The van der Waals surface area contributed by atoms with Crippen molar-refractivity contribution < 1.29 is 24.0 Å². The first-order chi connectivity index (χ1) is 17.3. The van der Waals surface area contributed by atoms with Gasteiger partial charge >= 0.3 is 5.97 Å². The average Bonchev–Trinajstić information content (AvgIpc) is 3.50. The number of carboxylic acid groups (broad SMARTS) is 1. The molecular weight excluding hydrogens is 458 g/mol. The molecule has 8 heteroatoms. The summed E-state index contributed by atoms with van der Waals surface area (Å²) in [6.45, 7) is 2.69. The zero-order valence-electron chi connectivity index (χ0n) is 20.2. The van der Waals surface area contributed by atoms with Gasteiger partial charge in [0, 0.05) is 29.2 Å².